The second-order valence-corrected chi connectivity index (χ2v) is 4.00. The fraction of sp³-hybridized carbons (Fsp3) is 0.333. The van der Waals surface area contributed by atoms with Crippen LogP contribution in [0.2, 0.25) is 0 Å². The molecule has 1 atom stereocenters. The lowest BCUT2D eigenvalue weighted by molar-refractivity contribution is -0.117. The van der Waals surface area contributed by atoms with Gasteiger partial charge >= 0.3 is 5.97 Å². The van der Waals surface area contributed by atoms with E-state index in [1.54, 1.807) is 0 Å². The maximum absolute atomic E-state index is 13.1. The molecule has 7 heteroatoms. The van der Waals surface area contributed by atoms with Crippen molar-refractivity contribution in [2.45, 2.75) is 25.8 Å². The molecule has 0 radical (unpaired) electrons. The summed E-state index contributed by atoms with van der Waals surface area (Å²) in [6, 6.07) is 0.299. The van der Waals surface area contributed by atoms with E-state index in [4.69, 9.17) is 10.8 Å². The van der Waals surface area contributed by atoms with Crippen LogP contribution in [0.3, 0.4) is 0 Å². The monoisotopic (exact) mass is 272 g/mol. The van der Waals surface area contributed by atoms with Crippen LogP contribution >= 0.6 is 0 Å². The van der Waals surface area contributed by atoms with Gasteiger partial charge in [0.1, 0.15) is 0 Å². The summed E-state index contributed by atoms with van der Waals surface area (Å²) >= 11 is 0. The molecule has 0 aliphatic heterocycles. The van der Waals surface area contributed by atoms with Crippen LogP contribution < -0.4 is 11.1 Å². The molecule has 0 heterocycles. The molecular weight excluding hydrogens is 258 g/mol. The Morgan fingerprint density at radius 1 is 1.37 bits per heavy atom. The second kappa shape index (κ2) is 6.24. The molecule has 0 bridgehead atoms. The highest BCUT2D eigenvalue weighted by Gasteiger charge is 2.19. The van der Waals surface area contributed by atoms with Gasteiger partial charge < -0.3 is 16.2 Å². The molecule has 4 N–H and O–H groups in total. The van der Waals surface area contributed by atoms with Gasteiger partial charge in [-0.2, -0.15) is 0 Å². The highest BCUT2D eigenvalue weighted by molar-refractivity contribution is 6.02. The average Bonchev–Trinajstić information content (AvgIpc) is 2.33. The Hall–Kier alpha value is -2.02. The van der Waals surface area contributed by atoms with Crippen LogP contribution in [0.5, 0.6) is 0 Å². The Morgan fingerprint density at radius 2 is 1.95 bits per heavy atom. The summed E-state index contributed by atoms with van der Waals surface area (Å²) in [4.78, 5) is 22.5. The molecule has 1 aromatic carbocycles. The number of rotatable bonds is 5. The van der Waals surface area contributed by atoms with E-state index in [0.29, 0.717) is 25.0 Å². The van der Waals surface area contributed by atoms with Crippen molar-refractivity contribution in [3.8, 4) is 0 Å². The van der Waals surface area contributed by atoms with Crippen LogP contribution in [0, 0.1) is 11.6 Å². The van der Waals surface area contributed by atoms with E-state index in [2.05, 4.69) is 5.32 Å². The van der Waals surface area contributed by atoms with E-state index in [9.17, 15) is 18.4 Å². The number of hydrogen-bond donors (Lipinski definition) is 3. The number of carbonyl (C=O) groups excluding carboxylic acids is 1. The minimum Gasteiger partial charge on any atom is -0.478 e. The van der Waals surface area contributed by atoms with Crippen molar-refractivity contribution in [2.75, 3.05) is 5.32 Å². The molecule has 0 spiro atoms. The van der Waals surface area contributed by atoms with Crippen LogP contribution in [-0.2, 0) is 4.79 Å². The molecule has 19 heavy (non-hydrogen) atoms. The molecule has 0 aromatic heterocycles. The van der Waals surface area contributed by atoms with Crippen molar-refractivity contribution >= 4 is 17.6 Å². The molecule has 0 saturated heterocycles. The fourth-order valence-electron chi connectivity index (χ4n) is 1.49. The highest BCUT2D eigenvalue weighted by atomic mass is 19.2. The largest absolute Gasteiger partial charge is 0.478 e. The number of hydrogen-bond acceptors (Lipinski definition) is 3. The van der Waals surface area contributed by atoms with Crippen molar-refractivity contribution in [1.29, 1.82) is 0 Å². The van der Waals surface area contributed by atoms with Crippen LogP contribution in [0.25, 0.3) is 0 Å². The van der Waals surface area contributed by atoms with Crippen molar-refractivity contribution < 1.29 is 23.5 Å². The molecule has 0 aliphatic carbocycles. The highest BCUT2D eigenvalue weighted by Crippen LogP contribution is 2.20. The van der Waals surface area contributed by atoms with Gasteiger partial charge in [0.25, 0.3) is 0 Å². The Balaban J connectivity index is 3.03. The van der Waals surface area contributed by atoms with Gasteiger partial charge in [-0.25, -0.2) is 13.6 Å². The number of halogens is 2. The van der Waals surface area contributed by atoms with Gasteiger partial charge in [0.15, 0.2) is 11.6 Å². The quantitative estimate of drug-likeness (QED) is 0.761. The molecular formula is C12H14F2N2O3. The van der Waals surface area contributed by atoms with Gasteiger partial charge in [-0.1, -0.05) is 13.3 Å². The van der Waals surface area contributed by atoms with Gasteiger partial charge in [0.05, 0.1) is 17.3 Å². The summed E-state index contributed by atoms with van der Waals surface area (Å²) < 4.78 is 26.0. The Bertz CT molecular complexity index is 506. The van der Waals surface area contributed by atoms with E-state index >= 15 is 0 Å². The molecule has 0 aliphatic rings. The zero-order chi connectivity index (χ0) is 14.6. The summed E-state index contributed by atoms with van der Waals surface area (Å²) in [5, 5.41) is 11.1. The standard InChI is InChI=1S/C12H14F2N2O3/c1-2-3-9(15)11(17)16-10-5-8(14)7(13)4-6(10)12(18)19/h4-5,9H,2-3,15H2,1H3,(H,16,17)(H,18,19). The molecule has 0 fully saturated rings. The number of carboxylic acid groups (broad SMARTS) is 1. The molecule has 1 aromatic rings. The van der Waals surface area contributed by atoms with Crippen LogP contribution in [0.15, 0.2) is 12.1 Å². The molecule has 1 amide bonds. The third-order valence-corrected chi connectivity index (χ3v) is 2.49. The zero-order valence-electron chi connectivity index (χ0n) is 10.2. The van der Waals surface area contributed by atoms with Crippen molar-refractivity contribution in [1.82, 2.24) is 0 Å². The van der Waals surface area contributed by atoms with Gasteiger partial charge in [0.2, 0.25) is 5.91 Å². The number of anilines is 1. The number of aromatic carboxylic acids is 1. The fourth-order valence-corrected chi connectivity index (χ4v) is 1.49. The molecule has 0 saturated carbocycles. The Morgan fingerprint density at radius 3 is 2.47 bits per heavy atom. The lowest BCUT2D eigenvalue weighted by Crippen LogP contribution is -2.35. The number of carboxylic acids is 1. The first kappa shape index (κ1) is 15.0. The van der Waals surface area contributed by atoms with Crippen LogP contribution in [0.4, 0.5) is 14.5 Å². The van der Waals surface area contributed by atoms with Gasteiger partial charge in [-0.05, 0) is 12.5 Å². The number of amides is 1. The third-order valence-electron chi connectivity index (χ3n) is 2.49. The SMILES string of the molecule is CCCC(N)C(=O)Nc1cc(F)c(F)cc1C(=O)O. The third kappa shape index (κ3) is 3.72. The molecule has 1 unspecified atom stereocenters. The first-order valence-electron chi connectivity index (χ1n) is 5.65. The first-order chi connectivity index (χ1) is 8.86. The number of nitrogens with two attached hydrogens (primary N) is 1. The predicted octanol–water partition coefficient (Wildman–Crippen LogP) is 1.73. The van der Waals surface area contributed by atoms with Crippen LogP contribution in [-0.4, -0.2) is 23.0 Å². The van der Waals surface area contributed by atoms with E-state index < -0.39 is 35.1 Å². The summed E-state index contributed by atoms with van der Waals surface area (Å²) in [6.45, 7) is 1.83. The lowest BCUT2D eigenvalue weighted by Gasteiger charge is -2.13. The summed E-state index contributed by atoms with van der Waals surface area (Å²) in [7, 11) is 0. The minimum atomic E-state index is -1.47. The molecule has 104 valence electrons. The topological polar surface area (TPSA) is 92.4 Å². The Labute approximate surface area is 108 Å². The van der Waals surface area contributed by atoms with Gasteiger partial charge in [0, 0.05) is 6.07 Å². The molecule has 1 rings (SSSR count). The first-order valence-corrected chi connectivity index (χ1v) is 5.65. The smallest absolute Gasteiger partial charge is 0.337 e. The van der Waals surface area contributed by atoms with Crippen molar-refractivity contribution in [3.05, 3.63) is 29.3 Å². The number of carbonyl (C=O) groups is 2. The lowest BCUT2D eigenvalue weighted by atomic mass is 10.1. The maximum atomic E-state index is 13.1. The van der Waals surface area contributed by atoms with Gasteiger partial charge in [-0.15, -0.1) is 0 Å². The average molecular weight is 272 g/mol. The number of nitrogens with one attached hydrogen (secondary N) is 1. The van der Waals surface area contributed by atoms with Crippen molar-refractivity contribution in [2.24, 2.45) is 5.73 Å². The van der Waals surface area contributed by atoms with Crippen LogP contribution in [0.1, 0.15) is 30.1 Å². The van der Waals surface area contributed by atoms with E-state index in [0.717, 1.165) is 0 Å². The summed E-state index contributed by atoms with van der Waals surface area (Å²) in [6.07, 6.45) is 1.07. The van der Waals surface area contributed by atoms with E-state index in [1.807, 2.05) is 6.92 Å². The van der Waals surface area contributed by atoms with E-state index in [1.165, 1.54) is 0 Å². The second-order valence-electron chi connectivity index (χ2n) is 4.00. The summed E-state index contributed by atoms with van der Waals surface area (Å²) in [5.41, 5.74) is 4.69. The van der Waals surface area contributed by atoms with Gasteiger partial charge in [-0.3, -0.25) is 4.79 Å². The normalized spacial score (nSPS) is 12.0. The molecule has 5 nitrogen and oxygen atoms in total. The predicted molar refractivity (Wildman–Crippen MR) is 64.8 cm³/mol. The maximum Gasteiger partial charge on any atom is 0.337 e. The van der Waals surface area contributed by atoms with Crippen molar-refractivity contribution in [3.63, 3.8) is 0 Å². The van der Waals surface area contributed by atoms with E-state index in [-0.39, 0.29) is 5.69 Å². The number of benzene rings is 1. The minimum absolute atomic E-state index is 0.317. The zero-order valence-corrected chi connectivity index (χ0v) is 10.2. The Kier molecular flexibility index (Phi) is 4.94. The summed E-state index contributed by atoms with van der Waals surface area (Å²) in [5.74, 6) is -4.66.